The molecule has 3 nitrogen and oxygen atoms in total. The van der Waals surface area contributed by atoms with Crippen molar-refractivity contribution in [2.45, 2.75) is 124 Å². The lowest BCUT2D eigenvalue weighted by Gasteiger charge is -2.33. The van der Waals surface area contributed by atoms with Gasteiger partial charge in [0.1, 0.15) is 11.5 Å². The van der Waals surface area contributed by atoms with E-state index in [1.165, 1.54) is 17.2 Å². The second kappa shape index (κ2) is 10.3. The Kier molecular flexibility index (Phi) is 8.55. The number of hydrogen-bond donors (Lipinski definition) is 1. The minimum Gasteiger partial charge on any atom is -0.507 e. The molecule has 0 heterocycles. The summed E-state index contributed by atoms with van der Waals surface area (Å²) in [5.41, 5.74) is 5.35. The molecule has 0 aromatic heterocycles. The molecule has 0 bridgehead atoms. The number of ether oxygens (including phenoxy) is 1. The number of esters is 1. The third-order valence-corrected chi connectivity index (χ3v) is 7.13. The zero-order valence-electron chi connectivity index (χ0n) is 25.6. The van der Waals surface area contributed by atoms with Gasteiger partial charge in [-0.15, -0.1) is 0 Å². The third kappa shape index (κ3) is 6.86. The number of aromatic hydroxyl groups is 1. The molecule has 1 N–H and O–H groups in total. The monoisotopic (exact) mass is 506 g/mol. The summed E-state index contributed by atoms with van der Waals surface area (Å²) in [4.78, 5) is 12.6. The van der Waals surface area contributed by atoms with Crippen LogP contribution in [0.25, 0.3) is 0 Å². The van der Waals surface area contributed by atoms with Crippen molar-refractivity contribution >= 4 is 5.97 Å². The highest BCUT2D eigenvalue weighted by molar-refractivity contribution is 5.84. The van der Waals surface area contributed by atoms with Crippen LogP contribution in [0.3, 0.4) is 0 Å². The van der Waals surface area contributed by atoms with Crippen LogP contribution in [0.15, 0.2) is 36.9 Å². The summed E-state index contributed by atoms with van der Waals surface area (Å²) >= 11 is 0. The van der Waals surface area contributed by atoms with Gasteiger partial charge in [-0.1, -0.05) is 121 Å². The highest BCUT2D eigenvalue weighted by Crippen LogP contribution is 2.48. The van der Waals surface area contributed by atoms with Gasteiger partial charge in [0.25, 0.3) is 0 Å². The van der Waals surface area contributed by atoms with Gasteiger partial charge in [0.05, 0.1) is 0 Å². The van der Waals surface area contributed by atoms with Crippen molar-refractivity contribution in [1.29, 1.82) is 0 Å². The fourth-order valence-electron chi connectivity index (χ4n) is 4.69. The third-order valence-electron chi connectivity index (χ3n) is 7.13. The maximum absolute atomic E-state index is 12.6. The van der Waals surface area contributed by atoms with Crippen molar-refractivity contribution in [2.24, 2.45) is 0 Å². The predicted octanol–water partition coefficient (Wildman–Crippen LogP) is 9.22. The Morgan fingerprint density at radius 1 is 0.784 bits per heavy atom. The largest absolute Gasteiger partial charge is 0.507 e. The number of carbonyl (C=O) groups excluding carboxylic acids is 1. The molecule has 0 aliphatic rings. The summed E-state index contributed by atoms with van der Waals surface area (Å²) in [5, 5.41) is 11.7. The smallest absolute Gasteiger partial charge is 0.335 e. The number of benzene rings is 2. The second-order valence-electron chi connectivity index (χ2n) is 14.5. The first kappa shape index (κ1) is 30.7. The van der Waals surface area contributed by atoms with Gasteiger partial charge in [0.2, 0.25) is 0 Å². The number of rotatable bonds is 5. The van der Waals surface area contributed by atoms with E-state index in [0.29, 0.717) is 11.5 Å². The quantitative estimate of drug-likeness (QED) is 0.250. The van der Waals surface area contributed by atoms with Crippen molar-refractivity contribution in [3.63, 3.8) is 0 Å². The molecule has 1 unspecified atom stereocenters. The van der Waals surface area contributed by atoms with Gasteiger partial charge in [-0.05, 0) is 44.8 Å². The molecular formula is C34H50O3. The van der Waals surface area contributed by atoms with Crippen molar-refractivity contribution < 1.29 is 14.6 Å². The minimum absolute atomic E-state index is 0.0945. The van der Waals surface area contributed by atoms with E-state index in [1.54, 1.807) is 0 Å². The zero-order valence-corrected chi connectivity index (χ0v) is 25.6. The van der Waals surface area contributed by atoms with Crippen molar-refractivity contribution in [2.75, 3.05) is 0 Å². The van der Waals surface area contributed by atoms with E-state index >= 15 is 0 Å². The Morgan fingerprint density at radius 2 is 1.22 bits per heavy atom. The van der Waals surface area contributed by atoms with E-state index in [-0.39, 0.29) is 27.6 Å². The summed E-state index contributed by atoms with van der Waals surface area (Å²) < 4.78 is 6.02. The Balaban J connectivity index is 3.09. The molecule has 1 atom stereocenters. The first-order valence-corrected chi connectivity index (χ1v) is 13.5. The second-order valence-corrected chi connectivity index (χ2v) is 14.5. The lowest BCUT2D eigenvalue weighted by atomic mass is 9.73. The number of phenolic OH excluding ortho intramolecular Hbond substituents is 1. The Morgan fingerprint density at radius 3 is 1.59 bits per heavy atom. The molecule has 3 heteroatoms. The molecule has 2 aromatic rings. The van der Waals surface area contributed by atoms with Crippen molar-refractivity contribution in [3.8, 4) is 11.5 Å². The fourth-order valence-corrected chi connectivity index (χ4v) is 4.69. The molecule has 0 fully saturated rings. The molecule has 2 aromatic carbocycles. The van der Waals surface area contributed by atoms with E-state index in [4.69, 9.17) is 4.74 Å². The van der Waals surface area contributed by atoms with Crippen molar-refractivity contribution in [1.82, 2.24) is 0 Å². The number of carbonyl (C=O) groups is 1. The van der Waals surface area contributed by atoms with Gasteiger partial charge < -0.3 is 9.84 Å². The summed E-state index contributed by atoms with van der Waals surface area (Å²) in [6, 6.07) is 8.65. The van der Waals surface area contributed by atoms with Crippen LogP contribution in [0.5, 0.6) is 11.5 Å². The lowest BCUT2D eigenvalue weighted by Crippen LogP contribution is -2.22. The molecule has 0 saturated carbocycles. The Bertz CT molecular complexity index is 1160. The molecule has 0 amide bonds. The molecule has 0 aliphatic heterocycles. The van der Waals surface area contributed by atoms with E-state index in [2.05, 4.69) is 121 Å². The van der Waals surface area contributed by atoms with E-state index < -0.39 is 5.97 Å². The molecule has 0 saturated heterocycles. The Labute approximate surface area is 226 Å². The van der Waals surface area contributed by atoms with Gasteiger partial charge >= 0.3 is 5.97 Å². The van der Waals surface area contributed by atoms with Crippen LogP contribution < -0.4 is 4.74 Å². The van der Waals surface area contributed by atoms with E-state index in [9.17, 15) is 9.90 Å². The average molecular weight is 507 g/mol. The fraction of sp³-hybridized carbons (Fsp3) is 0.559. The summed E-state index contributed by atoms with van der Waals surface area (Å²) in [7, 11) is 0. The van der Waals surface area contributed by atoms with Gasteiger partial charge in [-0.3, -0.25) is 0 Å². The molecule has 37 heavy (non-hydrogen) atoms. The average Bonchev–Trinajstić information content (AvgIpc) is 2.72. The minimum atomic E-state index is -0.479. The van der Waals surface area contributed by atoms with Crippen LogP contribution in [-0.2, 0) is 26.5 Å². The first-order valence-electron chi connectivity index (χ1n) is 13.5. The van der Waals surface area contributed by atoms with E-state index in [0.717, 1.165) is 28.7 Å². The lowest BCUT2D eigenvalue weighted by molar-refractivity contribution is -0.129. The highest BCUT2D eigenvalue weighted by atomic mass is 16.5. The van der Waals surface area contributed by atoms with Crippen LogP contribution in [0.2, 0.25) is 0 Å². The number of phenols is 1. The van der Waals surface area contributed by atoms with Crippen LogP contribution in [0.1, 0.15) is 136 Å². The van der Waals surface area contributed by atoms with Gasteiger partial charge in [-0.2, -0.15) is 0 Å². The molecule has 0 aliphatic carbocycles. The van der Waals surface area contributed by atoms with Crippen LogP contribution in [-0.4, -0.2) is 11.1 Å². The highest BCUT2D eigenvalue weighted by Gasteiger charge is 2.33. The van der Waals surface area contributed by atoms with E-state index in [1.807, 2.05) is 0 Å². The topological polar surface area (TPSA) is 46.5 Å². The molecule has 0 radical (unpaired) electrons. The summed E-state index contributed by atoms with van der Waals surface area (Å²) in [5.74, 6) is 0.259. The number of hydrogen-bond acceptors (Lipinski definition) is 3. The van der Waals surface area contributed by atoms with Crippen molar-refractivity contribution in [3.05, 3.63) is 70.3 Å². The SMILES string of the molecule is C=CC(=O)Oc1c(C(CC)c2cc(C(C)(C)C)cc(C(C)(C)C)c2O)cc(C(C)(C)C)cc1C(C)(C)C. The molecule has 2 rings (SSSR count). The molecule has 0 spiro atoms. The van der Waals surface area contributed by atoms with Crippen LogP contribution in [0.4, 0.5) is 0 Å². The van der Waals surface area contributed by atoms with Crippen LogP contribution >= 0.6 is 0 Å². The summed E-state index contributed by atoms with van der Waals surface area (Å²) in [6.45, 7) is 31.8. The Hall–Kier alpha value is -2.55. The molecular weight excluding hydrogens is 456 g/mol. The molecule has 204 valence electrons. The van der Waals surface area contributed by atoms with Gasteiger partial charge in [0, 0.05) is 28.7 Å². The first-order chi connectivity index (χ1) is 16.6. The maximum Gasteiger partial charge on any atom is 0.335 e. The standard InChI is InChI=1S/C34H50O3/c1-15-23(24-17-21(31(3,4)5)19-26(29(24)36)33(9,10)11)25-18-22(32(6,7)8)20-27(34(12,13)14)30(25)37-28(35)16-2/h16-20,23,36H,2,15H2,1,3-14H3. The predicted molar refractivity (Wildman–Crippen MR) is 157 cm³/mol. The zero-order chi connectivity index (χ0) is 28.7. The normalized spacial score (nSPS) is 13.9. The van der Waals surface area contributed by atoms with Gasteiger partial charge in [0.15, 0.2) is 0 Å². The maximum atomic E-state index is 12.6. The van der Waals surface area contributed by atoms with Crippen LogP contribution in [0, 0.1) is 0 Å². The van der Waals surface area contributed by atoms with Gasteiger partial charge in [-0.25, -0.2) is 4.79 Å². The summed E-state index contributed by atoms with van der Waals surface area (Å²) in [6.07, 6.45) is 1.95.